The maximum atomic E-state index is 13.8. The molecule has 3 heterocycles. The summed E-state index contributed by atoms with van der Waals surface area (Å²) in [6.45, 7) is 0.229. The van der Waals surface area contributed by atoms with Crippen molar-refractivity contribution in [3.63, 3.8) is 0 Å². The Balaban J connectivity index is 1.51. The molecule has 0 radical (unpaired) electrons. The van der Waals surface area contributed by atoms with E-state index in [1.807, 2.05) is 0 Å². The molecule has 142 valence electrons. The van der Waals surface area contributed by atoms with Crippen molar-refractivity contribution in [3.8, 4) is 0 Å². The summed E-state index contributed by atoms with van der Waals surface area (Å²) in [5.74, 6) is -2.76. The SMILES string of the molecule is COC[C@@H]1CC(F)(F)CN1C1CN(S(=O)(=O)c2cccc3nsnc23)C1. The van der Waals surface area contributed by atoms with Gasteiger partial charge in [0.25, 0.3) is 5.92 Å². The molecule has 0 amide bonds. The second-order valence-electron chi connectivity index (χ2n) is 6.71. The van der Waals surface area contributed by atoms with Crippen molar-refractivity contribution in [3.05, 3.63) is 18.2 Å². The number of halogens is 2. The van der Waals surface area contributed by atoms with E-state index in [9.17, 15) is 17.2 Å². The van der Waals surface area contributed by atoms with Crippen LogP contribution in [0.1, 0.15) is 6.42 Å². The summed E-state index contributed by atoms with van der Waals surface area (Å²) in [6.07, 6.45) is -0.256. The second kappa shape index (κ2) is 6.41. The normalized spacial score (nSPS) is 25.0. The molecule has 2 saturated heterocycles. The van der Waals surface area contributed by atoms with E-state index in [2.05, 4.69) is 8.75 Å². The Labute approximate surface area is 153 Å². The third-order valence-corrected chi connectivity index (χ3v) is 7.35. The van der Waals surface area contributed by atoms with Crippen LogP contribution in [0.4, 0.5) is 8.78 Å². The maximum absolute atomic E-state index is 13.8. The molecular weight excluding hydrogens is 386 g/mol. The average molecular weight is 404 g/mol. The number of hydrogen-bond acceptors (Lipinski definition) is 7. The zero-order valence-corrected chi connectivity index (χ0v) is 15.6. The summed E-state index contributed by atoms with van der Waals surface area (Å²) in [7, 11) is -2.25. The predicted octanol–water partition coefficient (Wildman–Crippen LogP) is 1.42. The lowest BCUT2D eigenvalue weighted by Crippen LogP contribution is -2.62. The van der Waals surface area contributed by atoms with Gasteiger partial charge in [-0.25, -0.2) is 17.2 Å². The maximum Gasteiger partial charge on any atom is 0.262 e. The Bertz CT molecular complexity index is 915. The van der Waals surface area contributed by atoms with Crippen LogP contribution in [0, 0.1) is 0 Å². The van der Waals surface area contributed by atoms with Crippen LogP contribution in [0.25, 0.3) is 11.0 Å². The number of nitrogens with zero attached hydrogens (tertiary/aromatic N) is 4. The van der Waals surface area contributed by atoms with E-state index in [4.69, 9.17) is 4.74 Å². The molecule has 11 heteroatoms. The number of methoxy groups -OCH3 is 1. The van der Waals surface area contributed by atoms with Gasteiger partial charge in [-0.3, -0.25) is 4.90 Å². The first-order valence-electron chi connectivity index (χ1n) is 8.16. The summed E-state index contributed by atoms with van der Waals surface area (Å²) in [6, 6.07) is 4.22. The van der Waals surface area contributed by atoms with Gasteiger partial charge in [0.05, 0.1) is 24.9 Å². The molecule has 0 bridgehead atoms. The Morgan fingerprint density at radius 1 is 1.35 bits per heavy atom. The van der Waals surface area contributed by atoms with Gasteiger partial charge in [-0.1, -0.05) is 6.07 Å². The third-order valence-electron chi connectivity index (χ3n) is 4.94. The van der Waals surface area contributed by atoms with E-state index in [0.717, 1.165) is 11.7 Å². The quantitative estimate of drug-likeness (QED) is 0.750. The van der Waals surface area contributed by atoms with Crippen molar-refractivity contribution in [2.75, 3.05) is 33.4 Å². The van der Waals surface area contributed by atoms with Crippen LogP contribution < -0.4 is 0 Å². The standard InChI is InChI=1S/C15H18F2N4O3S2/c1-24-8-10-5-15(16,17)9-21(10)11-6-20(7-11)26(22,23)13-4-2-3-12-14(13)19-25-18-12/h2-4,10-11H,5-9H2,1H3/t10-/m0/s1. The van der Waals surface area contributed by atoms with Crippen LogP contribution in [0.5, 0.6) is 0 Å². The van der Waals surface area contributed by atoms with Gasteiger partial charge < -0.3 is 4.74 Å². The first-order chi connectivity index (χ1) is 12.3. The van der Waals surface area contributed by atoms with Crippen molar-refractivity contribution < 1.29 is 21.9 Å². The van der Waals surface area contributed by atoms with E-state index in [1.54, 1.807) is 17.0 Å². The van der Waals surface area contributed by atoms with Crippen molar-refractivity contribution in [2.24, 2.45) is 0 Å². The van der Waals surface area contributed by atoms with Gasteiger partial charge in [0, 0.05) is 38.7 Å². The van der Waals surface area contributed by atoms with Gasteiger partial charge >= 0.3 is 0 Å². The highest BCUT2D eigenvalue weighted by Crippen LogP contribution is 2.37. The highest BCUT2D eigenvalue weighted by Gasteiger charge is 2.51. The molecule has 7 nitrogen and oxygen atoms in total. The number of benzene rings is 1. The molecule has 0 saturated carbocycles. The number of hydrogen-bond donors (Lipinski definition) is 0. The molecule has 1 atom stereocenters. The minimum absolute atomic E-state index is 0.113. The van der Waals surface area contributed by atoms with Crippen LogP contribution in [0.2, 0.25) is 0 Å². The fourth-order valence-corrected chi connectivity index (χ4v) is 5.92. The van der Waals surface area contributed by atoms with Crippen LogP contribution in [0.3, 0.4) is 0 Å². The zero-order valence-electron chi connectivity index (χ0n) is 14.0. The number of alkyl halides is 2. The molecule has 1 aromatic heterocycles. The van der Waals surface area contributed by atoms with Gasteiger partial charge in [-0.05, 0) is 12.1 Å². The Morgan fingerprint density at radius 3 is 2.85 bits per heavy atom. The van der Waals surface area contributed by atoms with Gasteiger partial charge in [0.15, 0.2) is 0 Å². The van der Waals surface area contributed by atoms with Gasteiger partial charge in [0.2, 0.25) is 10.0 Å². The van der Waals surface area contributed by atoms with E-state index in [0.29, 0.717) is 11.0 Å². The van der Waals surface area contributed by atoms with E-state index in [1.165, 1.54) is 17.5 Å². The molecular formula is C15H18F2N4O3S2. The van der Waals surface area contributed by atoms with E-state index >= 15 is 0 Å². The zero-order chi connectivity index (χ0) is 18.5. The van der Waals surface area contributed by atoms with Crippen molar-refractivity contribution in [2.45, 2.75) is 29.3 Å². The molecule has 0 N–H and O–H groups in total. The summed E-state index contributed by atoms with van der Waals surface area (Å²) in [4.78, 5) is 1.79. The Kier molecular flexibility index (Phi) is 4.47. The van der Waals surface area contributed by atoms with Crippen LogP contribution >= 0.6 is 11.7 Å². The van der Waals surface area contributed by atoms with Gasteiger partial charge in [-0.2, -0.15) is 13.1 Å². The molecule has 1 aromatic carbocycles. The van der Waals surface area contributed by atoms with Crippen LogP contribution in [-0.2, 0) is 14.8 Å². The van der Waals surface area contributed by atoms with Gasteiger partial charge in [-0.15, -0.1) is 0 Å². The molecule has 2 aliphatic heterocycles. The molecule has 0 spiro atoms. The first-order valence-corrected chi connectivity index (χ1v) is 10.3. The third kappa shape index (κ3) is 3.01. The lowest BCUT2D eigenvalue weighted by molar-refractivity contribution is -0.00293. The Morgan fingerprint density at radius 2 is 2.12 bits per heavy atom. The average Bonchev–Trinajstić information content (AvgIpc) is 3.10. The highest BCUT2D eigenvalue weighted by atomic mass is 32.2. The number of rotatable bonds is 5. The monoisotopic (exact) mass is 404 g/mol. The summed E-state index contributed by atoms with van der Waals surface area (Å²) in [5, 5.41) is 0. The summed E-state index contributed by atoms with van der Waals surface area (Å²) < 4.78 is 67.8. The van der Waals surface area contributed by atoms with Crippen molar-refractivity contribution in [1.82, 2.24) is 18.0 Å². The first kappa shape index (κ1) is 18.1. The molecule has 2 fully saturated rings. The topological polar surface area (TPSA) is 75.6 Å². The minimum Gasteiger partial charge on any atom is -0.383 e. The summed E-state index contributed by atoms with van der Waals surface area (Å²) in [5.41, 5.74) is 0.887. The number of aromatic nitrogens is 2. The fraction of sp³-hybridized carbons (Fsp3) is 0.600. The lowest BCUT2D eigenvalue weighted by atomic mass is 10.1. The predicted molar refractivity (Wildman–Crippen MR) is 91.9 cm³/mol. The molecule has 4 rings (SSSR count). The molecule has 2 aliphatic rings. The number of ether oxygens (including phenoxy) is 1. The van der Waals surface area contributed by atoms with Gasteiger partial charge in [0.1, 0.15) is 15.9 Å². The smallest absolute Gasteiger partial charge is 0.262 e. The van der Waals surface area contributed by atoms with Crippen LogP contribution in [0.15, 0.2) is 23.1 Å². The van der Waals surface area contributed by atoms with Crippen LogP contribution in [-0.4, -0.2) is 77.7 Å². The summed E-state index contributed by atoms with van der Waals surface area (Å²) >= 11 is 0.959. The number of likely N-dealkylation sites (tertiary alicyclic amines) is 1. The van der Waals surface area contributed by atoms with Crippen molar-refractivity contribution in [1.29, 1.82) is 0 Å². The highest BCUT2D eigenvalue weighted by molar-refractivity contribution is 7.89. The van der Waals surface area contributed by atoms with E-state index < -0.39 is 22.0 Å². The minimum atomic E-state index is -3.73. The van der Waals surface area contributed by atoms with Crippen molar-refractivity contribution >= 4 is 32.8 Å². The van der Waals surface area contributed by atoms with E-state index in [-0.39, 0.29) is 43.6 Å². The molecule has 2 aromatic rings. The molecule has 26 heavy (non-hydrogen) atoms. The lowest BCUT2D eigenvalue weighted by Gasteiger charge is -2.44. The Hall–Kier alpha value is -1.27. The fourth-order valence-electron chi connectivity index (χ4n) is 3.65. The number of sulfonamides is 1. The number of fused-ring (bicyclic) bond motifs is 1. The largest absolute Gasteiger partial charge is 0.383 e. The molecule has 0 unspecified atom stereocenters. The second-order valence-corrected chi connectivity index (χ2v) is 9.14. The molecule has 0 aliphatic carbocycles.